The summed E-state index contributed by atoms with van der Waals surface area (Å²) in [6.07, 6.45) is 5.81. The van der Waals surface area contributed by atoms with Gasteiger partial charge in [-0.25, -0.2) is 0 Å². The molecule has 0 unspecified atom stereocenters. The number of carbonyl (C=O) groups is 4. The van der Waals surface area contributed by atoms with Gasteiger partial charge in [0.15, 0.2) is 24.1 Å². The molecule has 0 atom stereocenters. The Labute approximate surface area is 333 Å². The molecule has 0 saturated heterocycles. The van der Waals surface area contributed by atoms with Crippen molar-refractivity contribution in [2.24, 2.45) is 0 Å². The summed E-state index contributed by atoms with van der Waals surface area (Å²) in [4.78, 5) is 56.1. The van der Waals surface area contributed by atoms with E-state index < -0.39 is 53.3 Å². The third-order valence-electron chi connectivity index (χ3n) is 8.08. The first kappa shape index (κ1) is 40.3. The van der Waals surface area contributed by atoms with Crippen LogP contribution in [-0.2, 0) is 20.2 Å². The van der Waals surface area contributed by atoms with Crippen molar-refractivity contribution in [3.63, 3.8) is 0 Å². The van der Waals surface area contributed by atoms with Crippen LogP contribution in [0, 0.1) is 0 Å². The second-order valence-electron chi connectivity index (χ2n) is 11.5. The van der Waals surface area contributed by atoms with Crippen molar-refractivity contribution >= 4 is 120 Å². The smallest absolute Gasteiger partial charge is 0.295 e. The molecule has 6 N–H and O–H groups in total. The number of phenols is 2. The Hall–Kier alpha value is -5.86. The maximum atomic E-state index is 13.1. The second kappa shape index (κ2) is 15.9. The van der Waals surface area contributed by atoms with Gasteiger partial charge in [-0.05, 0) is 59.7 Å². The molecule has 0 aliphatic heterocycles. The SMILES string of the molecule is O=Cc1cc(C(=O)Nc2ccc(/C=C/c3ccc(NC(=O)c4cc(C=O)c5cccnc5c4O)cc3S(=O)(=O)O)c(S(=O)(=O)O)c2)c(O)c2ncccc12.[Na]. The number of aromatic hydroxyl groups is 2. The number of aldehydes is 2. The van der Waals surface area contributed by atoms with Gasteiger partial charge in [0.05, 0.1) is 11.1 Å². The monoisotopic (exact) mass is 791 g/mol. The number of amides is 2. The zero-order valence-corrected chi connectivity index (χ0v) is 31.8. The number of benzene rings is 4. The van der Waals surface area contributed by atoms with Gasteiger partial charge in [-0.2, -0.15) is 16.8 Å². The number of aromatic nitrogens is 2. The standard InChI is InChI=1S/C36H24N4O12S2.Na/c41-17-21-13-27(33(43)31-25(21)3-1-11-37-31)35(45)39-23-9-7-19(29(15-23)53(47,48)49)5-6-20-8-10-24(16-30(20)54(50,51)52)40-36(46)28-14-22(18-42)26-4-2-12-38-32(26)34(28)44;/h1-18,43-44H,(H,39,45)(H,40,46)(H,47,48,49)(H,50,51,52);/b6-5+;. The van der Waals surface area contributed by atoms with Gasteiger partial charge < -0.3 is 20.8 Å². The van der Waals surface area contributed by atoms with Gasteiger partial charge in [-0.3, -0.25) is 38.3 Å². The average Bonchev–Trinajstić information content (AvgIpc) is 3.14. The van der Waals surface area contributed by atoms with Gasteiger partial charge >= 0.3 is 0 Å². The molecule has 19 heteroatoms. The maximum Gasteiger partial charge on any atom is 0.295 e. The predicted molar refractivity (Wildman–Crippen MR) is 201 cm³/mol. The van der Waals surface area contributed by atoms with Crippen molar-refractivity contribution in [1.82, 2.24) is 9.97 Å². The van der Waals surface area contributed by atoms with Crippen LogP contribution in [0.4, 0.5) is 11.4 Å². The third kappa shape index (κ3) is 8.30. The van der Waals surface area contributed by atoms with Gasteiger partial charge in [0.1, 0.15) is 20.8 Å². The van der Waals surface area contributed by atoms with E-state index in [9.17, 15) is 55.3 Å². The van der Waals surface area contributed by atoms with E-state index >= 15 is 0 Å². The van der Waals surface area contributed by atoms with Crippen LogP contribution in [0.1, 0.15) is 52.6 Å². The molecule has 2 amide bonds. The van der Waals surface area contributed by atoms with Crippen LogP contribution in [-0.4, -0.2) is 100 Å². The molecular weight excluding hydrogens is 768 g/mol. The summed E-state index contributed by atoms with van der Waals surface area (Å²) in [5.41, 5.74) is -1.37. The van der Waals surface area contributed by atoms with Crippen LogP contribution in [0.5, 0.6) is 11.5 Å². The van der Waals surface area contributed by atoms with Gasteiger partial charge in [0.2, 0.25) is 0 Å². The molecule has 6 aromatic rings. The van der Waals surface area contributed by atoms with Crippen molar-refractivity contribution in [3.8, 4) is 11.5 Å². The summed E-state index contributed by atoms with van der Waals surface area (Å²) in [6.45, 7) is 0. The Kier molecular flexibility index (Phi) is 11.6. The molecule has 0 aliphatic carbocycles. The minimum Gasteiger partial charge on any atom is -0.505 e. The number of pyridine rings is 2. The van der Waals surface area contributed by atoms with Crippen LogP contribution in [0.25, 0.3) is 34.0 Å². The van der Waals surface area contributed by atoms with Crippen LogP contribution in [0.2, 0.25) is 0 Å². The number of hydrogen-bond acceptors (Lipinski definition) is 12. The second-order valence-corrected chi connectivity index (χ2v) is 14.2. The minimum atomic E-state index is -4.99. The van der Waals surface area contributed by atoms with E-state index in [2.05, 4.69) is 20.6 Å². The molecule has 0 fully saturated rings. The quantitative estimate of drug-likeness (QED) is 0.0479. The third-order valence-corrected chi connectivity index (χ3v) is 9.90. The van der Waals surface area contributed by atoms with Crippen molar-refractivity contribution in [1.29, 1.82) is 0 Å². The fraction of sp³-hybridized carbons (Fsp3) is 0. The molecule has 0 saturated carbocycles. The number of carbonyl (C=O) groups excluding carboxylic acids is 4. The van der Waals surface area contributed by atoms with Gasteiger partial charge in [-0.15, -0.1) is 0 Å². The molecule has 0 bridgehead atoms. The van der Waals surface area contributed by atoms with Crippen LogP contribution in [0.3, 0.4) is 0 Å². The number of hydrogen-bond donors (Lipinski definition) is 6. The Balaban J connectivity index is 0.00000580. The molecule has 0 spiro atoms. The zero-order chi connectivity index (χ0) is 38.9. The molecule has 0 aliphatic rings. The first-order chi connectivity index (χ1) is 25.6. The molecule has 6 rings (SSSR count). The van der Waals surface area contributed by atoms with E-state index in [0.717, 1.165) is 48.6 Å². The average molecular weight is 792 g/mol. The molecule has 273 valence electrons. The maximum absolute atomic E-state index is 13.1. The van der Waals surface area contributed by atoms with Gasteiger partial charge in [0, 0.05) is 75.2 Å². The van der Waals surface area contributed by atoms with Gasteiger partial charge in [0.25, 0.3) is 32.1 Å². The fourth-order valence-corrected chi connectivity index (χ4v) is 7.00. The van der Waals surface area contributed by atoms with E-state index in [-0.39, 0.29) is 96.1 Å². The van der Waals surface area contributed by atoms with E-state index in [1.807, 2.05) is 0 Å². The summed E-state index contributed by atoms with van der Waals surface area (Å²) in [5.74, 6) is -2.98. The topological polar surface area (TPSA) is 267 Å². The first-order valence-corrected chi connectivity index (χ1v) is 18.1. The fourth-order valence-electron chi connectivity index (χ4n) is 5.58. The van der Waals surface area contributed by atoms with Crippen LogP contribution in [0.15, 0.2) is 95.0 Å². The Morgan fingerprint density at radius 1 is 0.582 bits per heavy atom. The number of nitrogens with one attached hydrogen (secondary N) is 2. The number of rotatable bonds is 10. The van der Waals surface area contributed by atoms with Crippen molar-refractivity contribution in [2.75, 3.05) is 10.6 Å². The van der Waals surface area contributed by atoms with Crippen molar-refractivity contribution < 1.29 is 55.3 Å². The van der Waals surface area contributed by atoms with Crippen LogP contribution >= 0.6 is 0 Å². The molecule has 1 radical (unpaired) electrons. The summed E-state index contributed by atoms with van der Waals surface area (Å²) in [5, 5.41) is 26.7. The Morgan fingerprint density at radius 2 is 0.964 bits per heavy atom. The van der Waals surface area contributed by atoms with E-state index in [0.29, 0.717) is 12.6 Å². The minimum absolute atomic E-state index is 0. The van der Waals surface area contributed by atoms with Gasteiger partial charge in [-0.1, -0.05) is 36.4 Å². The summed E-state index contributed by atoms with van der Waals surface area (Å²) >= 11 is 0. The van der Waals surface area contributed by atoms with E-state index in [4.69, 9.17) is 0 Å². The zero-order valence-electron chi connectivity index (χ0n) is 28.2. The summed E-state index contributed by atoms with van der Waals surface area (Å²) in [7, 11) is -9.97. The number of fused-ring (bicyclic) bond motifs is 2. The largest absolute Gasteiger partial charge is 0.505 e. The Morgan fingerprint density at radius 3 is 1.31 bits per heavy atom. The van der Waals surface area contributed by atoms with E-state index in [1.165, 1.54) is 48.8 Å². The molecular formula is C36H24N4NaO12S2. The number of anilines is 2. The molecule has 4 aromatic carbocycles. The number of phenolic OH excluding ortho intramolecular Hbond substituents is 2. The summed E-state index contributed by atoms with van der Waals surface area (Å²) < 4.78 is 69.6. The predicted octanol–water partition coefficient (Wildman–Crippen LogP) is 4.61. The molecule has 16 nitrogen and oxygen atoms in total. The van der Waals surface area contributed by atoms with Crippen molar-refractivity contribution in [2.45, 2.75) is 9.79 Å². The first-order valence-electron chi connectivity index (χ1n) is 15.3. The number of nitrogens with zero attached hydrogens (tertiary/aromatic N) is 2. The molecule has 2 heterocycles. The van der Waals surface area contributed by atoms with Crippen molar-refractivity contribution in [3.05, 3.63) is 119 Å². The molecule has 2 aromatic heterocycles. The normalized spacial score (nSPS) is 11.6. The van der Waals surface area contributed by atoms with E-state index in [1.54, 1.807) is 0 Å². The Bertz CT molecular complexity index is 2650. The molecule has 55 heavy (non-hydrogen) atoms. The van der Waals surface area contributed by atoms with Crippen LogP contribution < -0.4 is 10.6 Å². The summed E-state index contributed by atoms with van der Waals surface area (Å²) in [6, 6.07) is 14.9.